The Morgan fingerprint density at radius 1 is 1.40 bits per heavy atom. The lowest BCUT2D eigenvalue weighted by molar-refractivity contribution is 0.221. The second-order valence-electron chi connectivity index (χ2n) is 5.21. The third-order valence-corrected chi connectivity index (χ3v) is 3.42. The summed E-state index contributed by atoms with van der Waals surface area (Å²) in [5.74, 6) is 0.570. The lowest BCUT2D eigenvalue weighted by Gasteiger charge is -2.24. The number of aliphatic hydroxyl groups is 1. The molecule has 1 aromatic heterocycles. The summed E-state index contributed by atoms with van der Waals surface area (Å²) in [6.07, 6.45) is 3.89. The molecule has 0 amide bonds. The molecule has 2 heterocycles. The zero-order valence-electron chi connectivity index (χ0n) is 11.9. The number of anilines is 1. The summed E-state index contributed by atoms with van der Waals surface area (Å²) >= 11 is 5.96. The van der Waals surface area contributed by atoms with Gasteiger partial charge in [0, 0.05) is 19.2 Å². The van der Waals surface area contributed by atoms with Crippen molar-refractivity contribution in [2.24, 2.45) is 0 Å². The molecule has 20 heavy (non-hydrogen) atoms. The highest BCUT2D eigenvalue weighted by Crippen LogP contribution is 2.27. The highest BCUT2D eigenvalue weighted by Gasteiger charge is 2.27. The van der Waals surface area contributed by atoms with Crippen LogP contribution in [0.3, 0.4) is 0 Å². The molecule has 1 saturated heterocycles. The smallest absolute Gasteiger partial charge is 0.322 e. The van der Waals surface area contributed by atoms with E-state index in [0.717, 1.165) is 32.2 Å². The fourth-order valence-corrected chi connectivity index (χ4v) is 2.59. The van der Waals surface area contributed by atoms with Crippen LogP contribution < -0.4 is 9.64 Å². The molecule has 0 spiro atoms. The van der Waals surface area contributed by atoms with E-state index < -0.39 is 0 Å². The average Bonchev–Trinajstić information content (AvgIpc) is 2.83. The van der Waals surface area contributed by atoms with Gasteiger partial charge < -0.3 is 14.7 Å². The molecular formula is C13H21ClN4O2. The molecule has 0 bridgehead atoms. The first-order valence-corrected chi connectivity index (χ1v) is 7.43. The van der Waals surface area contributed by atoms with Gasteiger partial charge in [0.05, 0.1) is 6.10 Å². The zero-order chi connectivity index (χ0) is 14.5. The Labute approximate surface area is 124 Å². The van der Waals surface area contributed by atoms with E-state index in [4.69, 9.17) is 21.4 Å². The fraction of sp³-hybridized carbons (Fsp3) is 0.769. The van der Waals surface area contributed by atoms with Crippen molar-refractivity contribution in [3.63, 3.8) is 0 Å². The van der Waals surface area contributed by atoms with Gasteiger partial charge in [0.25, 0.3) is 0 Å². The fourth-order valence-electron chi connectivity index (χ4n) is 2.44. The Kier molecular flexibility index (Phi) is 5.37. The SMILES string of the molecule is CC(C)Oc1nc(Cl)nc(N2CCCC2CCCO)n1. The maximum atomic E-state index is 8.97. The van der Waals surface area contributed by atoms with Crippen molar-refractivity contribution >= 4 is 17.5 Å². The Hall–Kier alpha value is -1.14. The molecule has 1 aliphatic rings. The van der Waals surface area contributed by atoms with Gasteiger partial charge in [-0.3, -0.25) is 0 Å². The summed E-state index contributed by atoms with van der Waals surface area (Å²) < 4.78 is 5.50. The molecule has 0 aromatic carbocycles. The Bertz CT molecular complexity index is 444. The largest absolute Gasteiger partial charge is 0.461 e. The van der Waals surface area contributed by atoms with Crippen molar-refractivity contribution in [1.29, 1.82) is 0 Å². The highest BCUT2D eigenvalue weighted by molar-refractivity contribution is 6.28. The molecule has 1 N–H and O–H groups in total. The van der Waals surface area contributed by atoms with E-state index in [0.29, 0.717) is 12.0 Å². The maximum absolute atomic E-state index is 8.97. The lowest BCUT2D eigenvalue weighted by atomic mass is 10.1. The molecule has 1 aliphatic heterocycles. The third-order valence-electron chi connectivity index (χ3n) is 3.25. The van der Waals surface area contributed by atoms with Gasteiger partial charge in [0.1, 0.15) is 0 Å². The van der Waals surface area contributed by atoms with Crippen molar-refractivity contribution < 1.29 is 9.84 Å². The van der Waals surface area contributed by atoms with Gasteiger partial charge in [0.2, 0.25) is 11.2 Å². The summed E-state index contributed by atoms with van der Waals surface area (Å²) in [5, 5.41) is 9.12. The van der Waals surface area contributed by atoms with Gasteiger partial charge >= 0.3 is 6.01 Å². The van der Waals surface area contributed by atoms with Crippen LogP contribution in [0.1, 0.15) is 39.5 Å². The van der Waals surface area contributed by atoms with Crippen molar-refractivity contribution in [2.45, 2.75) is 51.7 Å². The van der Waals surface area contributed by atoms with Crippen LogP contribution in [0.2, 0.25) is 5.28 Å². The Morgan fingerprint density at radius 3 is 2.90 bits per heavy atom. The van der Waals surface area contributed by atoms with E-state index >= 15 is 0 Å². The van der Waals surface area contributed by atoms with Gasteiger partial charge in [-0.1, -0.05) is 0 Å². The van der Waals surface area contributed by atoms with Crippen molar-refractivity contribution in [1.82, 2.24) is 15.0 Å². The third kappa shape index (κ3) is 3.93. The summed E-state index contributed by atoms with van der Waals surface area (Å²) in [6, 6.07) is 0.621. The van der Waals surface area contributed by atoms with E-state index in [1.807, 2.05) is 13.8 Å². The van der Waals surface area contributed by atoms with Crippen LogP contribution in [0.25, 0.3) is 0 Å². The lowest BCUT2D eigenvalue weighted by Crippen LogP contribution is -2.31. The van der Waals surface area contributed by atoms with Gasteiger partial charge in [-0.25, -0.2) is 0 Å². The van der Waals surface area contributed by atoms with E-state index in [2.05, 4.69) is 19.9 Å². The summed E-state index contributed by atoms with van der Waals surface area (Å²) in [5.41, 5.74) is 0. The topological polar surface area (TPSA) is 71.4 Å². The maximum Gasteiger partial charge on any atom is 0.322 e. The van der Waals surface area contributed by atoms with Crippen LogP contribution in [0, 0.1) is 0 Å². The number of hydrogen-bond acceptors (Lipinski definition) is 6. The van der Waals surface area contributed by atoms with Gasteiger partial charge in [-0.05, 0) is 51.1 Å². The Morgan fingerprint density at radius 2 is 2.20 bits per heavy atom. The summed E-state index contributed by atoms with van der Waals surface area (Å²) in [4.78, 5) is 14.7. The van der Waals surface area contributed by atoms with Gasteiger partial charge in [-0.2, -0.15) is 15.0 Å². The molecule has 0 aliphatic carbocycles. The molecule has 1 fully saturated rings. The minimum Gasteiger partial charge on any atom is -0.461 e. The van der Waals surface area contributed by atoms with Crippen LogP contribution in [-0.4, -0.2) is 45.4 Å². The summed E-state index contributed by atoms with van der Waals surface area (Å²) in [7, 11) is 0. The van der Waals surface area contributed by atoms with E-state index in [1.54, 1.807) is 0 Å². The first-order chi connectivity index (χ1) is 9.60. The minimum atomic E-state index is -0.00918. The van der Waals surface area contributed by atoms with Crippen LogP contribution in [0.4, 0.5) is 5.95 Å². The van der Waals surface area contributed by atoms with Crippen LogP contribution in [0.15, 0.2) is 0 Å². The number of halogens is 1. The molecule has 1 aromatic rings. The molecule has 1 unspecified atom stereocenters. The second-order valence-corrected chi connectivity index (χ2v) is 5.55. The van der Waals surface area contributed by atoms with E-state index in [-0.39, 0.29) is 24.0 Å². The number of rotatable bonds is 6. The monoisotopic (exact) mass is 300 g/mol. The highest BCUT2D eigenvalue weighted by atomic mass is 35.5. The molecule has 6 nitrogen and oxygen atoms in total. The molecule has 112 valence electrons. The van der Waals surface area contributed by atoms with E-state index in [9.17, 15) is 0 Å². The minimum absolute atomic E-state index is 0.00918. The first kappa shape index (κ1) is 15.3. The number of nitrogens with zero attached hydrogens (tertiary/aromatic N) is 4. The quantitative estimate of drug-likeness (QED) is 0.867. The number of aliphatic hydroxyl groups excluding tert-OH is 1. The first-order valence-electron chi connectivity index (χ1n) is 7.06. The molecular weight excluding hydrogens is 280 g/mol. The number of aromatic nitrogens is 3. The number of ether oxygens (including phenoxy) is 1. The molecule has 2 rings (SSSR count). The van der Waals surface area contributed by atoms with Crippen LogP contribution >= 0.6 is 11.6 Å². The normalized spacial score (nSPS) is 18.9. The van der Waals surface area contributed by atoms with Crippen molar-refractivity contribution in [2.75, 3.05) is 18.1 Å². The average molecular weight is 301 g/mol. The van der Waals surface area contributed by atoms with Crippen molar-refractivity contribution in [3.8, 4) is 6.01 Å². The molecule has 0 radical (unpaired) electrons. The number of hydrogen-bond donors (Lipinski definition) is 1. The van der Waals surface area contributed by atoms with Crippen molar-refractivity contribution in [3.05, 3.63) is 5.28 Å². The van der Waals surface area contributed by atoms with Crippen LogP contribution in [-0.2, 0) is 0 Å². The van der Waals surface area contributed by atoms with Gasteiger partial charge in [0.15, 0.2) is 0 Å². The Balaban J connectivity index is 2.16. The second kappa shape index (κ2) is 7.04. The van der Waals surface area contributed by atoms with E-state index in [1.165, 1.54) is 0 Å². The predicted octanol–water partition coefficient (Wildman–Crippen LogP) is 2.05. The zero-order valence-corrected chi connectivity index (χ0v) is 12.7. The molecule has 7 heteroatoms. The molecule has 0 saturated carbocycles. The van der Waals surface area contributed by atoms with Gasteiger partial charge in [-0.15, -0.1) is 0 Å². The predicted molar refractivity (Wildman–Crippen MR) is 77.3 cm³/mol. The summed E-state index contributed by atoms with van der Waals surface area (Å²) in [6.45, 7) is 4.94. The molecule has 1 atom stereocenters. The standard InChI is InChI=1S/C13H21ClN4O2/c1-9(2)20-13-16-11(14)15-12(17-13)18-7-3-5-10(18)6-4-8-19/h9-10,19H,3-8H2,1-2H3. The van der Waals surface area contributed by atoms with Crippen LogP contribution in [0.5, 0.6) is 6.01 Å².